The molecule has 0 bridgehead atoms. The van der Waals surface area contributed by atoms with Gasteiger partial charge in [0.15, 0.2) is 0 Å². The van der Waals surface area contributed by atoms with Crippen LogP contribution in [-0.2, 0) is 15.7 Å². The molecule has 2 heterocycles. The van der Waals surface area contributed by atoms with Crippen molar-refractivity contribution in [1.82, 2.24) is 9.80 Å². The number of nitrogens with zero attached hydrogens (tertiary/aromatic N) is 2. The van der Waals surface area contributed by atoms with Gasteiger partial charge in [-0.1, -0.05) is 25.0 Å². The number of benzene rings is 1. The molecule has 2 amide bonds. The van der Waals surface area contributed by atoms with Gasteiger partial charge in [-0.3, -0.25) is 0 Å². The zero-order valence-corrected chi connectivity index (χ0v) is 17.8. The predicted octanol–water partition coefficient (Wildman–Crippen LogP) is 4.52. The molecule has 2 aliphatic heterocycles. The first kappa shape index (κ1) is 22.4. The Morgan fingerprint density at radius 2 is 1.71 bits per heavy atom. The van der Waals surface area contributed by atoms with Crippen LogP contribution in [0, 0.1) is 5.92 Å². The molecule has 0 N–H and O–H groups in total. The minimum absolute atomic E-state index is 0.00166. The van der Waals surface area contributed by atoms with Gasteiger partial charge >= 0.3 is 12.2 Å². The van der Waals surface area contributed by atoms with E-state index in [1.807, 2.05) is 9.80 Å². The topological polar surface area (TPSA) is 42.0 Å². The Kier molecular flexibility index (Phi) is 7.06. The van der Waals surface area contributed by atoms with Crippen molar-refractivity contribution < 1.29 is 27.4 Å². The summed E-state index contributed by atoms with van der Waals surface area (Å²) in [6.45, 7) is 3.95. The summed E-state index contributed by atoms with van der Waals surface area (Å²) >= 11 is 0. The van der Waals surface area contributed by atoms with Gasteiger partial charge in [-0.05, 0) is 37.0 Å². The number of morpholine rings is 1. The molecule has 2 unspecified atom stereocenters. The molecule has 0 radical (unpaired) electrons. The van der Waals surface area contributed by atoms with E-state index in [4.69, 9.17) is 9.47 Å². The van der Waals surface area contributed by atoms with Gasteiger partial charge in [-0.15, -0.1) is 0 Å². The van der Waals surface area contributed by atoms with E-state index in [-0.39, 0.29) is 17.9 Å². The highest BCUT2D eigenvalue weighted by molar-refractivity contribution is 5.74. The lowest BCUT2D eigenvalue weighted by molar-refractivity contribution is -0.137. The van der Waals surface area contributed by atoms with Crippen LogP contribution in [0.25, 0.3) is 0 Å². The number of rotatable bonds is 4. The van der Waals surface area contributed by atoms with Gasteiger partial charge < -0.3 is 19.3 Å². The average Bonchev–Trinajstić information content (AvgIpc) is 3.31. The molecule has 31 heavy (non-hydrogen) atoms. The summed E-state index contributed by atoms with van der Waals surface area (Å²) in [5.41, 5.74) is 0.202. The van der Waals surface area contributed by atoms with Crippen LogP contribution in [0.5, 0.6) is 0 Å². The van der Waals surface area contributed by atoms with Gasteiger partial charge in [0.25, 0.3) is 0 Å². The summed E-state index contributed by atoms with van der Waals surface area (Å²) in [4.78, 5) is 16.8. The third-order valence-corrected chi connectivity index (χ3v) is 6.67. The normalized spacial score (nSPS) is 25.8. The third kappa shape index (κ3) is 5.71. The molecule has 3 aliphatic rings. The number of urea groups is 1. The fourth-order valence-electron chi connectivity index (χ4n) is 4.95. The lowest BCUT2D eigenvalue weighted by Gasteiger charge is -2.41. The molecule has 1 aromatic carbocycles. The fourth-order valence-corrected chi connectivity index (χ4v) is 4.95. The zero-order valence-electron chi connectivity index (χ0n) is 17.8. The van der Waals surface area contributed by atoms with Crippen molar-refractivity contribution in [3.05, 3.63) is 35.4 Å². The molecular formula is C23H31F3N2O3. The molecule has 2 saturated heterocycles. The number of halogens is 3. The van der Waals surface area contributed by atoms with Crippen molar-refractivity contribution in [3.8, 4) is 0 Å². The average molecular weight is 441 g/mol. The van der Waals surface area contributed by atoms with Gasteiger partial charge in [0, 0.05) is 38.0 Å². The third-order valence-electron chi connectivity index (χ3n) is 6.67. The van der Waals surface area contributed by atoms with Crippen molar-refractivity contribution in [2.24, 2.45) is 5.92 Å². The van der Waals surface area contributed by atoms with Crippen LogP contribution in [0.2, 0.25) is 0 Å². The van der Waals surface area contributed by atoms with E-state index in [2.05, 4.69) is 0 Å². The Morgan fingerprint density at radius 1 is 1.03 bits per heavy atom. The summed E-state index contributed by atoms with van der Waals surface area (Å²) in [6.07, 6.45) is 1.34. The molecule has 0 aromatic heterocycles. The number of amides is 2. The summed E-state index contributed by atoms with van der Waals surface area (Å²) in [5, 5.41) is 0. The standard InChI is InChI=1S/C23H31F3N2O3/c24-23(25,26)20-7-5-18(6-8-20)19-13-17(16-31-21-3-1-2-4-21)14-28(15-19)22(29)27-9-11-30-12-10-27/h5-8,17,19,21H,1-4,9-16H2. The summed E-state index contributed by atoms with van der Waals surface area (Å²) < 4.78 is 50.4. The number of carbonyl (C=O) groups excluding carboxylic acids is 1. The first-order chi connectivity index (χ1) is 14.9. The van der Waals surface area contributed by atoms with Gasteiger partial charge in [0.05, 0.1) is 31.5 Å². The van der Waals surface area contributed by atoms with Crippen LogP contribution in [0.1, 0.15) is 49.1 Å². The Balaban J connectivity index is 1.47. The molecule has 1 aromatic rings. The highest BCUT2D eigenvalue weighted by Gasteiger charge is 2.35. The molecule has 0 spiro atoms. The predicted molar refractivity (Wildman–Crippen MR) is 110 cm³/mol. The first-order valence-electron chi connectivity index (χ1n) is 11.3. The zero-order chi connectivity index (χ0) is 21.8. The molecule has 1 saturated carbocycles. The molecule has 172 valence electrons. The number of likely N-dealkylation sites (tertiary alicyclic amines) is 1. The Bertz CT molecular complexity index is 729. The highest BCUT2D eigenvalue weighted by atomic mass is 19.4. The number of piperidine rings is 1. The number of hydrogen-bond donors (Lipinski definition) is 0. The SMILES string of the molecule is O=C(N1CCOCC1)N1CC(COC2CCCC2)CC(c2ccc(C(F)(F)F)cc2)C1. The molecule has 5 nitrogen and oxygen atoms in total. The Hall–Kier alpha value is -1.80. The number of hydrogen-bond acceptors (Lipinski definition) is 3. The fraction of sp³-hybridized carbons (Fsp3) is 0.696. The molecule has 8 heteroatoms. The second kappa shape index (κ2) is 9.77. The van der Waals surface area contributed by atoms with E-state index in [9.17, 15) is 18.0 Å². The first-order valence-corrected chi connectivity index (χ1v) is 11.3. The number of alkyl halides is 3. The summed E-state index contributed by atoms with van der Waals surface area (Å²) in [6, 6.07) is 5.39. The van der Waals surface area contributed by atoms with E-state index in [0.29, 0.717) is 52.1 Å². The molecule has 3 fully saturated rings. The lowest BCUT2D eigenvalue weighted by Crippen LogP contribution is -2.52. The van der Waals surface area contributed by atoms with Gasteiger partial charge in [0.2, 0.25) is 0 Å². The smallest absolute Gasteiger partial charge is 0.378 e. The van der Waals surface area contributed by atoms with E-state index in [0.717, 1.165) is 37.0 Å². The van der Waals surface area contributed by atoms with Gasteiger partial charge in [0.1, 0.15) is 0 Å². The molecule has 1 aliphatic carbocycles. The van der Waals surface area contributed by atoms with Crippen LogP contribution in [-0.4, -0.2) is 67.9 Å². The molecule has 2 atom stereocenters. The van der Waals surface area contributed by atoms with E-state index >= 15 is 0 Å². The van der Waals surface area contributed by atoms with E-state index in [1.54, 1.807) is 12.1 Å². The minimum atomic E-state index is -4.35. The van der Waals surface area contributed by atoms with Crippen molar-refractivity contribution in [1.29, 1.82) is 0 Å². The maximum atomic E-state index is 13.1. The molecular weight excluding hydrogens is 409 g/mol. The van der Waals surface area contributed by atoms with Crippen LogP contribution >= 0.6 is 0 Å². The van der Waals surface area contributed by atoms with Crippen LogP contribution in [0.15, 0.2) is 24.3 Å². The monoisotopic (exact) mass is 440 g/mol. The van der Waals surface area contributed by atoms with Crippen molar-refractivity contribution in [2.75, 3.05) is 46.0 Å². The maximum Gasteiger partial charge on any atom is 0.416 e. The van der Waals surface area contributed by atoms with Crippen molar-refractivity contribution in [2.45, 2.75) is 50.3 Å². The lowest BCUT2D eigenvalue weighted by atomic mass is 9.84. The highest BCUT2D eigenvalue weighted by Crippen LogP contribution is 2.35. The summed E-state index contributed by atoms with van der Waals surface area (Å²) in [7, 11) is 0. The van der Waals surface area contributed by atoms with E-state index < -0.39 is 11.7 Å². The van der Waals surface area contributed by atoms with Gasteiger partial charge in [-0.2, -0.15) is 13.2 Å². The minimum Gasteiger partial charge on any atom is -0.378 e. The maximum absolute atomic E-state index is 13.1. The van der Waals surface area contributed by atoms with Gasteiger partial charge in [-0.25, -0.2) is 4.79 Å². The van der Waals surface area contributed by atoms with Crippen molar-refractivity contribution in [3.63, 3.8) is 0 Å². The number of ether oxygens (including phenoxy) is 2. The second-order valence-corrected chi connectivity index (χ2v) is 8.95. The van der Waals surface area contributed by atoms with Crippen LogP contribution < -0.4 is 0 Å². The largest absolute Gasteiger partial charge is 0.416 e. The summed E-state index contributed by atoms with van der Waals surface area (Å²) in [5.74, 6) is 0.171. The second-order valence-electron chi connectivity index (χ2n) is 8.95. The number of carbonyl (C=O) groups is 1. The molecule has 4 rings (SSSR count). The Labute approximate surface area is 181 Å². The Morgan fingerprint density at radius 3 is 2.35 bits per heavy atom. The van der Waals surface area contributed by atoms with Crippen LogP contribution in [0.3, 0.4) is 0 Å². The van der Waals surface area contributed by atoms with E-state index in [1.165, 1.54) is 12.8 Å². The van der Waals surface area contributed by atoms with Crippen LogP contribution in [0.4, 0.5) is 18.0 Å². The quantitative estimate of drug-likeness (QED) is 0.691. The van der Waals surface area contributed by atoms with Crippen molar-refractivity contribution >= 4 is 6.03 Å².